The van der Waals surface area contributed by atoms with Crippen molar-refractivity contribution in [3.05, 3.63) is 41.9 Å². The number of hydrogen-bond donors (Lipinski definition) is 2. The van der Waals surface area contributed by atoms with Gasteiger partial charge in [0.05, 0.1) is 12.7 Å². The molecule has 0 aliphatic heterocycles. The van der Waals surface area contributed by atoms with E-state index in [1.807, 2.05) is 17.8 Å². The van der Waals surface area contributed by atoms with Gasteiger partial charge in [0, 0.05) is 38.4 Å². The van der Waals surface area contributed by atoms with Gasteiger partial charge in [-0.2, -0.15) is 0 Å². The van der Waals surface area contributed by atoms with Gasteiger partial charge < -0.3 is 19.6 Å². The molecule has 6 nitrogen and oxygen atoms in total. The van der Waals surface area contributed by atoms with E-state index in [0.29, 0.717) is 12.4 Å². The number of oxazole rings is 1. The second kappa shape index (κ2) is 8.37. The summed E-state index contributed by atoms with van der Waals surface area (Å²) in [5.74, 6) is 2.27. The number of rotatable bonds is 4. The van der Waals surface area contributed by atoms with Gasteiger partial charge in [0.25, 0.3) is 0 Å². The lowest BCUT2D eigenvalue weighted by atomic mass is 9.94. The highest BCUT2D eigenvalue weighted by atomic mass is 127. The third-order valence-electron chi connectivity index (χ3n) is 3.28. The SMILES string of the molecule is CN=C(NCc1ccn(C)c1)NCc1ncc(C(C)(C)C)o1.I. The average molecular weight is 431 g/mol. The topological polar surface area (TPSA) is 67.4 Å². The third kappa shape index (κ3) is 5.89. The Morgan fingerprint density at radius 3 is 2.52 bits per heavy atom. The summed E-state index contributed by atoms with van der Waals surface area (Å²) < 4.78 is 7.77. The molecule has 0 unspecified atom stereocenters. The zero-order valence-corrected chi connectivity index (χ0v) is 16.7. The fourth-order valence-corrected chi connectivity index (χ4v) is 1.97. The van der Waals surface area contributed by atoms with E-state index in [1.165, 1.54) is 5.56 Å². The largest absolute Gasteiger partial charge is 0.443 e. The lowest BCUT2D eigenvalue weighted by molar-refractivity contribution is 0.379. The van der Waals surface area contributed by atoms with E-state index in [4.69, 9.17) is 4.42 Å². The van der Waals surface area contributed by atoms with Gasteiger partial charge in [0.2, 0.25) is 5.89 Å². The fourth-order valence-electron chi connectivity index (χ4n) is 1.97. The van der Waals surface area contributed by atoms with Crippen LogP contribution in [0.4, 0.5) is 0 Å². The molecular weight excluding hydrogens is 405 g/mol. The zero-order valence-electron chi connectivity index (χ0n) is 14.4. The van der Waals surface area contributed by atoms with Gasteiger partial charge in [0.15, 0.2) is 5.96 Å². The van der Waals surface area contributed by atoms with Crippen molar-refractivity contribution in [1.29, 1.82) is 0 Å². The Morgan fingerprint density at radius 2 is 2.00 bits per heavy atom. The Labute approximate surface area is 154 Å². The molecule has 0 spiro atoms. The summed E-state index contributed by atoms with van der Waals surface area (Å²) in [5.41, 5.74) is 1.18. The van der Waals surface area contributed by atoms with Crippen LogP contribution < -0.4 is 10.6 Å². The minimum Gasteiger partial charge on any atom is -0.443 e. The van der Waals surface area contributed by atoms with Gasteiger partial charge in [-0.25, -0.2) is 4.98 Å². The van der Waals surface area contributed by atoms with Crippen LogP contribution in [0.3, 0.4) is 0 Å². The van der Waals surface area contributed by atoms with Gasteiger partial charge >= 0.3 is 0 Å². The molecule has 2 rings (SSSR count). The number of guanidine groups is 1. The van der Waals surface area contributed by atoms with Crippen molar-refractivity contribution < 1.29 is 4.42 Å². The Kier molecular flexibility index (Phi) is 7.11. The van der Waals surface area contributed by atoms with Crippen LogP contribution in [-0.2, 0) is 25.6 Å². The van der Waals surface area contributed by atoms with Crippen molar-refractivity contribution in [2.45, 2.75) is 39.3 Å². The molecule has 2 aromatic rings. The molecule has 2 heterocycles. The van der Waals surface area contributed by atoms with E-state index < -0.39 is 0 Å². The second-order valence-corrected chi connectivity index (χ2v) is 6.33. The summed E-state index contributed by atoms with van der Waals surface area (Å²) in [6.45, 7) is 7.53. The Bertz CT molecular complexity index is 639. The number of aryl methyl sites for hydroxylation is 1. The molecule has 23 heavy (non-hydrogen) atoms. The van der Waals surface area contributed by atoms with Crippen molar-refractivity contribution in [3.63, 3.8) is 0 Å². The zero-order chi connectivity index (χ0) is 16.2. The highest BCUT2D eigenvalue weighted by Gasteiger charge is 2.19. The normalized spacial score (nSPS) is 12.0. The van der Waals surface area contributed by atoms with E-state index in [9.17, 15) is 0 Å². The Morgan fingerprint density at radius 1 is 1.30 bits per heavy atom. The predicted octanol–water partition coefficient (Wildman–Crippen LogP) is 2.79. The minimum absolute atomic E-state index is 0. The molecule has 0 fully saturated rings. The summed E-state index contributed by atoms with van der Waals surface area (Å²) in [4.78, 5) is 8.49. The van der Waals surface area contributed by atoms with E-state index in [-0.39, 0.29) is 29.4 Å². The molecular formula is C16H26IN5O. The molecule has 0 bridgehead atoms. The quantitative estimate of drug-likeness (QED) is 0.444. The Hall–Kier alpha value is -1.51. The fraction of sp³-hybridized carbons (Fsp3) is 0.500. The first kappa shape index (κ1) is 19.5. The number of nitrogens with zero attached hydrogens (tertiary/aromatic N) is 3. The van der Waals surface area contributed by atoms with E-state index in [2.05, 4.69) is 53.6 Å². The summed E-state index contributed by atoms with van der Waals surface area (Å²) in [6, 6.07) is 2.07. The van der Waals surface area contributed by atoms with Crippen molar-refractivity contribution in [1.82, 2.24) is 20.2 Å². The monoisotopic (exact) mass is 431 g/mol. The molecule has 0 aliphatic rings. The van der Waals surface area contributed by atoms with E-state index in [1.54, 1.807) is 13.2 Å². The van der Waals surface area contributed by atoms with Crippen molar-refractivity contribution >= 4 is 29.9 Å². The van der Waals surface area contributed by atoms with E-state index in [0.717, 1.165) is 18.3 Å². The highest BCUT2D eigenvalue weighted by molar-refractivity contribution is 14.0. The summed E-state index contributed by atoms with van der Waals surface area (Å²) >= 11 is 0. The van der Waals surface area contributed by atoms with Gasteiger partial charge in [-0.1, -0.05) is 20.8 Å². The lowest BCUT2D eigenvalue weighted by Crippen LogP contribution is -2.36. The summed E-state index contributed by atoms with van der Waals surface area (Å²) in [5, 5.41) is 6.47. The third-order valence-corrected chi connectivity index (χ3v) is 3.28. The summed E-state index contributed by atoms with van der Waals surface area (Å²) in [7, 11) is 3.75. The summed E-state index contributed by atoms with van der Waals surface area (Å²) in [6.07, 6.45) is 5.88. The maximum absolute atomic E-state index is 5.75. The molecule has 2 N–H and O–H groups in total. The molecule has 0 amide bonds. The van der Waals surface area contributed by atoms with Crippen LogP contribution >= 0.6 is 24.0 Å². The number of halogens is 1. The molecule has 0 aromatic carbocycles. The molecule has 0 atom stereocenters. The number of nitrogens with one attached hydrogen (secondary N) is 2. The molecule has 2 aromatic heterocycles. The first-order valence-electron chi connectivity index (χ1n) is 7.39. The van der Waals surface area contributed by atoms with Crippen molar-refractivity contribution in [2.24, 2.45) is 12.0 Å². The van der Waals surface area contributed by atoms with Gasteiger partial charge in [-0.3, -0.25) is 4.99 Å². The second-order valence-electron chi connectivity index (χ2n) is 6.33. The molecule has 0 saturated heterocycles. The van der Waals surface area contributed by atoms with Crippen LogP contribution in [0.2, 0.25) is 0 Å². The molecule has 0 aliphatic carbocycles. The first-order chi connectivity index (χ1) is 10.4. The molecule has 7 heteroatoms. The number of aliphatic imine (C=N–C) groups is 1. The number of aromatic nitrogens is 2. The maximum atomic E-state index is 5.75. The van der Waals surface area contributed by atoms with Crippen LogP contribution in [-0.4, -0.2) is 22.6 Å². The smallest absolute Gasteiger partial charge is 0.213 e. The Balaban J connectivity index is 0.00000264. The van der Waals surface area contributed by atoms with E-state index >= 15 is 0 Å². The van der Waals surface area contributed by atoms with Gasteiger partial charge in [0.1, 0.15) is 5.76 Å². The standard InChI is InChI=1S/C16H25N5O.HI/c1-16(2,3)13-9-18-14(22-13)10-20-15(17-4)19-8-12-6-7-21(5)11-12;/h6-7,9,11H,8,10H2,1-5H3,(H2,17,19,20);1H. The van der Waals surface area contributed by atoms with Crippen molar-refractivity contribution in [2.75, 3.05) is 7.05 Å². The van der Waals surface area contributed by atoms with Crippen molar-refractivity contribution in [3.8, 4) is 0 Å². The average Bonchev–Trinajstić information content (AvgIpc) is 3.07. The first-order valence-corrected chi connectivity index (χ1v) is 7.39. The molecule has 0 radical (unpaired) electrons. The molecule has 128 valence electrons. The highest BCUT2D eigenvalue weighted by Crippen LogP contribution is 2.22. The van der Waals surface area contributed by atoms with Crippen LogP contribution in [0, 0.1) is 0 Å². The van der Waals surface area contributed by atoms with Crippen LogP contribution in [0.15, 0.2) is 34.1 Å². The van der Waals surface area contributed by atoms with Crippen LogP contribution in [0.25, 0.3) is 0 Å². The predicted molar refractivity (Wildman–Crippen MR) is 103 cm³/mol. The maximum Gasteiger partial charge on any atom is 0.213 e. The van der Waals surface area contributed by atoms with Crippen LogP contribution in [0.1, 0.15) is 38.0 Å². The molecule has 0 saturated carbocycles. The van der Waals surface area contributed by atoms with Crippen LogP contribution in [0.5, 0.6) is 0 Å². The lowest BCUT2D eigenvalue weighted by Gasteiger charge is -2.13. The van der Waals surface area contributed by atoms with Gasteiger partial charge in [-0.15, -0.1) is 24.0 Å². The van der Waals surface area contributed by atoms with Gasteiger partial charge in [-0.05, 0) is 11.6 Å². The minimum atomic E-state index is -0.0293. The number of hydrogen-bond acceptors (Lipinski definition) is 3.